The van der Waals surface area contributed by atoms with Crippen molar-refractivity contribution >= 4 is 20.2 Å². The molecule has 1 heterocycles. The Kier molecular flexibility index (Phi) is 7.54. The maximum atomic E-state index is 2.80. The van der Waals surface area contributed by atoms with Crippen LogP contribution in [-0.2, 0) is 20.0 Å². The fourth-order valence-corrected chi connectivity index (χ4v) is 41.5. The molecule has 1 fully saturated rings. The first-order chi connectivity index (χ1) is 20.7. The molecule has 1 aliphatic heterocycles. The van der Waals surface area contributed by atoms with E-state index >= 15 is 0 Å². The van der Waals surface area contributed by atoms with Crippen LogP contribution in [0.4, 0.5) is 0 Å². The van der Waals surface area contributed by atoms with Crippen molar-refractivity contribution in [3.8, 4) is 22.3 Å². The average Bonchev–Trinajstić information content (AvgIpc) is 3.60. The van der Waals surface area contributed by atoms with Gasteiger partial charge in [-0.15, -0.1) is 0 Å². The third kappa shape index (κ3) is 4.70. The van der Waals surface area contributed by atoms with Gasteiger partial charge in [0, 0.05) is 0 Å². The zero-order valence-corrected chi connectivity index (χ0v) is 31.5. The molecule has 2 heteroatoms. The van der Waals surface area contributed by atoms with Crippen molar-refractivity contribution in [3.63, 3.8) is 0 Å². The molecule has 7 rings (SSSR count). The molecule has 2 unspecified atom stereocenters. The Hall–Kier alpha value is -2.55. The molecule has 4 aromatic carbocycles. The fraction of sp³-hybridized carbons (Fsp3) is 0.317. The Morgan fingerprint density at radius 1 is 0.628 bits per heavy atom. The molecule has 0 nitrogen and oxygen atoms in total. The van der Waals surface area contributed by atoms with Gasteiger partial charge in [0.2, 0.25) is 0 Å². The number of rotatable bonds is 7. The molecule has 0 saturated carbocycles. The number of allylic oxidation sites excluding steroid dienone is 2. The van der Waals surface area contributed by atoms with Crippen molar-refractivity contribution in [1.82, 2.24) is 0 Å². The number of hydrogen-bond donors (Lipinski definition) is 0. The monoisotopic (exact) mass is 746 g/mol. The maximum absolute atomic E-state index is 3.04. The molecule has 3 aliphatic rings. The van der Waals surface area contributed by atoms with E-state index < -0.39 is 28.0 Å². The van der Waals surface area contributed by atoms with E-state index in [0.717, 1.165) is 0 Å². The van der Waals surface area contributed by atoms with Gasteiger partial charge < -0.3 is 0 Å². The molecular formula is C41H46HfSi. The van der Waals surface area contributed by atoms with Gasteiger partial charge in [-0.1, -0.05) is 0 Å². The summed E-state index contributed by atoms with van der Waals surface area (Å²) in [6, 6.07) is 34.2. The van der Waals surface area contributed by atoms with Gasteiger partial charge in [-0.25, -0.2) is 0 Å². The Morgan fingerprint density at radius 2 is 1.12 bits per heavy atom. The van der Waals surface area contributed by atoms with Crippen LogP contribution < -0.4 is 0 Å². The molecule has 4 aromatic rings. The van der Waals surface area contributed by atoms with Gasteiger partial charge in [0.25, 0.3) is 0 Å². The van der Waals surface area contributed by atoms with Crippen LogP contribution in [0.25, 0.3) is 34.4 Å². The van der Waals surface area contributed by atoms with Crippen LogP contribution in [0.15, 0.2) is 95.3 Å². The van der Waals surface area contributed by atoms with Crippen molar-refractivity contribution in [1.29, 1.82) is 0 Å². The molecule has 0 radical (unpaired) electrons. The van der Waals surface area contributed by atoms with Gasteiger partial charge >= 0.3 is 267 Å². The van der Waals surface area contributed by atoms with E-state index in [2.05, 4.69) is 134 Å². The van der Waals surface area contributed by atoms with Crippen LogP contribution in [0.2, 0.25) is 22.0 Å². The predicted molar refractivity (Wildman–Crippen MR) is 187 cm³/mol. The van der Waals surface area contributed by atoms with E-state index in [1.807, 2.05) is 10.4 Å². The third-order valence-electron chi connectivity index (χ3n) is 11.1. The summed E-state index contributed by atoms with van der Waals surface area (Å²) in [5.74, 6) is 0. The fourth-order valence-electron chi connectivity index (χ4n) is 9.02. The van der Waals surface area contributed by atoms with Gasteiger partial charge in [-0.2, -0.15) is 0 Å². The Labute approximate surface area is 265 Å². The third-order valence-corrected chi connectivity index (χ3v) is 33.1. The van der Waals surface area contributed by atoms with Crippen molar-refractivity contribution in [2.24, 2.45) is 0 Å². The van der Waals surface area contributed by atoms with Crippen LogP contribution in [-0.4, -0.2) is 8.07 Å². The minimum atomic E-state index is -3.04. The Morgan fingerprint density at radius 3 is 1.58 bits per heavy atom. The molecule has 0 aromatic heterocycles. The quantitative estimate of drug-likeness (QED) is 0.131. The molecule has 2 atom stereocenters. The van der Waals surface area contributed by atoms with Gasteiger partial charge in [0.05, 0.1) is 0 Å². The van der Waals surface area contributed by atoms with Gasteiger partial charge in [-0.05, 0) is 0 Å². The predicted octanol–water partition coefficient (Wildman–Crippen LogP) is 12.2. The van der Waals surface area contributed by atoms with E-state index in [9.17, 15) is 0 Å². The van der Waals surface area contributed by atoms with Crippen molar-refractivity contribution in [3.05, 3.63) is 129 Å². The van der Waals surface area contributed by atoms with Crippen molar-refractivity contribution in [2.75, 3.05) is 0 Å². The zero-order chi connectivity index (χ0) is 29.9. The van der Waals surface area contributed by atoms with Crippen LogP contribution in [0, 0.1) is 13.8 Å². The van der Waals surface area contributed by atoms with E-state index in [1.165, 1.54) is 65.1 Å². The van der Waals surface area contributed by atoms with Crippen LogP contribution in [0.1, 0.15) is 73.3 Å². The average molecular weight is 745 g/mol. The molecule has 0 amide bonds. The molecule has 2 aliphatic carbocycles. The van der Waals surface area contributed by atoms with Crippen molar-refractivity contribution < 1.29 is 20.0 Å². The van der Waals surface area contributed by atoms with E-state index in [1.54, 1.807) is 22.3 Å². The summed E-state index contributed by atoms with van der Waals surface area (Å²) < 4.78 is 6.98. The van der Waals surface area contributed by atoms with Crippen LogP contribution >= 0.6 is 0 Å². The summed E-state index contributed by atoms with van der Waals surface area (Å²) in [7, 11) is -1.92. The summed E-state index contributed by atoms with van der Waals surface area (Å²) in [6.45, 7) is 9.56. The summed E-state index contributed by atoms with van der Waals surface area (Å²) in [6.07, 6.45) is 10.9. The second kappa shape index (κ2) is 11.1. The Bertz CT molecular complexity index is 1670. The van der Waals surface area contributed by atoms with Crippen LogP contribution in [0.5, 0.6) is 0 Å². The molecular weight excluding hydrogens is 699 g/mol. The number of unbranched alkanes of at least 4 members (excludes halogenated alkanes) is 3. The van der Waals surface area contributed by atoms with Crippen LogP contribution in [0.3, 0.4) is 0 Å². The number of fused-ring (bicyclic) bond motifs is 6. The van der Waals surface area contributed by atoms with E-state index in [-0.39, 0.29) is 0 Å². The first-order valence-corrected chi connectivity index (χ1v) is 30.6. The Balaban J connectivity index is 1.43. The van der Waals surface area contributed by atoms with E-state index in [0.29, 0.717) is 7.35 Å². The number of hydrogen-bond acceptors (Lipinski definition) is 0. The second-order valence-electron chi connectivity index (χ2n) is 14.4. The first-order valence-electron chi connectivity index (χ1n) is 16.6. The molecule has 1 saturated heterocycles. The molecule has 43 heavy (non-hydrogen) atoms. The van der Waals surface area contributed by atoms with E-state index in [4.69, 9.17) is 0 Å². The SMILES string of the molecule is CCCCCC[Si]1(C)C2=Cc3c(-c4cccc(C)c4)cccc3[CH]2[Hf]([CH3])([CH3])[CH]2C1=Cc1c(-c3cccc(C)c3)cccc12. The minimum absolute atomic E-state index is 0.686. The molecule has 0 bridgehead atoms. The number of benzene rings is 4. The zero-order valence-electron chi connectivity index (χ0n) is 26.9. The standard InChI is InChI=1S/C39H40Si.2CH3.Hf/c1-5-6-7-8-21-40(4,34-24-32-17-11-19-36(38(32)26-34)30-15-9-13-28(2)22-30)35-25-33-18-12-20-37(39(33)27-35)31-16-10-14-29(3)23-31;;;/h9-20,22-27H,5-8,21H2,1-4H3;2*1H3;. The van der Waals surface area contributed by atoms with Gasteiger partial charge in [0.15, 0.2) is 0 Å². The van der Waals surface area contributed by atoms with Gasteiger partial charge in [-0.3, -0.25) is 0 Å². The summed E-state index contributed by atoms with van der Waals surface area (Å²) in [4.78, 5) is 0. The number of aryl methyl sites for hydroxylation is 2. The first kappa shape index (κ1) is 29.2. The topological polar surface area (TPSA) is 0 Å². The summed E-state index contributed by atoms with van der Waals surface area (Å²) in [5, 5.41) is 3.77. The van der Waals surface area contributed by atoms with Gasteiger partial charge in [0.1, 0.15) is 0 Å². The second-order valence-corrected chi connectivity index (χ2v) is 35.9. The molecule has 0 N–H and O–H groups in total. The summed E-state index contributed by atoms with van der Waals surface area (Å²) >= 11 is -3.04. The normalized spacial score (nSPS) is 22.7. The van der Waals surface area contributed by atoms with Crippen molar-refractivity contribution in [2.45, 2.75) is 75.8 Å². The summed E-state index contributed by atoms with van der Waals surface area (Å²) in [5.41, 5.74) is 14.7. The molecule has 218 valence electrons. The molecule has 0 spiro atoms.